The Morgan fingerprint density at radius 3 is 2.88 bits per heavy atom. The summed E-state index contributed by atoms with van der Waals surface area (Å²) < 4.78 is 2.22. The average Bonchev–Trinajstić information content (AvgIpc) is 2.85. The number of hydrogen-bond donors (Lipinski definition) is 1. The van der Waals surface area contributed by atoms with Gasteiger partial charge in [-0.15, -0.1) is 11.3 Å². The average molecular weight is 235 g/mol. The smallest absolute Gasteiger partial charge is 0.193 e. The Kier molecular flexibility index (Phi) is 3.41. The second-order valence-corrected chi connectivity index (χ2v) is 4.81. The molecule has 0 aliphatic rings. The van der Waals surface area contributed by atoms with Crippen LogP contribution in [0.5, 0.6) is 0 Å². The van der Waals surface area contributed by atoms with Crippen LogP contribution in [-0.2, 0) is 6.42 Å². The molecule has 0 saturated carbocycles. The zero-order valence-electron chi connectivity index (χ0n) is 9.73. The molecule has 2 heterocycles. The summed E-state index contributed by atoms with van der Waals surface area (Å²) in [5.41, 5.74) is 9.48. The summed E-state index contributed by atoms with van der Waals surface area (Å²) in [6.07, 6.45) is 3.95. The fraction of sp³-hybridized carbons (Fsp3) is 0.417. The SMILES string of the molecule is Cc1cc(CCCN)c(C)n1-c1nccs1. The molecule has 2 N–H and O–H groups in total. The predicted molar refractivity (Wildman–Crippen MR) is 68.3 cm³/mol. The van der Waals surface area contributed by atoms with E-state index in [2.05, 4.69) is 29.5 Å². The van der Waals surface area contributed by atoms with Gasteiger partial charge in [0.25, 0.3) is 0 Å². The molecule has 3 nitrogen and oxygen atoms in total. The van der Waals surface area contributed by atoms with Gasteiger partial charge in [-0.1, -0.05) is 0 Å². The topological polar surface area (TPSA) is 43.8 Å². The Morgan fingerprint density at radius 1 is 1.44 bits per heavy atom. The van der Waals surface area contributed by atoms with E-state index in [1.165, 1.54) is 17.0 Å². The molecule has 0 unspecified atom stereocenters. The van der Waals surface area contributed by atoms with Crippen LogP contribution in [0.1, 0.15) is 23.4 Å². The highest BCUT2D eigenvalue weighted by atomic mass is 32.1. The van der Waals surface area contributed by atoms with Crippen LogP contribution in [0, 0.1) is 13.8 Å². The summed E-state index contributed by atoms with van der Waals surface area (Å²) in [5.74, 6) is 0. The Labute approximate surface area is 99.9 Å². The molecule has 0 radical (unpaired) electrons. The molecule has 16 heavy (non-hydrogen) atoms. The number of nitrogens with two attached hydrogens (primary N) is 1. The molecule has 0 saturated heterocycles. The van der Waals surface area contributed by atoms with Gasteiger partial charge in [0.15, 0.2) is 5.13 Å². The number of nitrogens with zero attached hydrogens (tertiary/aromatic N) is 2. The lowest BCUT2D eigenvalue weighted by Gasteiger charge is -2.05. The fourth-order valence-electron chi connectivity index (χ4n) is 2.00. The van der Waals surface area contributed by atoms with Crippen LogP contribution >= 0.6 is 11.3 Å². The third-order valence-corrected chi connectivity index (χ3v) is 3.55. The number of aryl methyl sites for hydroxylation is 2. The number of hydrogen-bond acceptors (Lipinski definition) is 3. The van der Waals surface area contributed by atoms with Gasteiger partial charge in [-0.2, -0.15) is 0 Å². The second-order valence-electron chi connectivity index (χ2n) is 3.94. The molecule has 2 aromatic heterocycles. The molecule has 0 fully saturated rings. The van der Waals surface area contributed by atoms with E-state index in [1.807, 2.05) is 11.6 Å². The van der Waals surface area contributed by atoms with Gasteiger partial charge in [0.1, 0.15) is 0 Å². The van der Waals surface area contributed by atoms with Crippen LogP contribution in [0.15, 0.2) is 17.6 Å². The maximum Gasteiger partial charge on any atom is 0.193 e. The normalized spacial score (nSPS) is 10.9. The van der Waals surface area contributed by atoms with E-state index in [0.717, 1.165) is 24.5 Å². The summed E-state index contributed by atoms with van der Waals surface area (Å²) in [6.45, 7) is 5.03. The molecule has 0 aliphatic carbocycles. The molecular weight excluding hydrogens is 218 g/mol. The lowest BCUT2D eigenvalue weighted by atomic mass is 10.1. The summed E-state index contributed by atoms with van der Waals surface area (Å²) in [7, 11) is 0. The first kappa shape index (κ1) is 11.4. The molecule has 4 heteroatoms. The van der Waals surface area contributed by atoms with Gasteiger partial charge in [0, 0.05) is 23.0 Å². The minimum absolute atomic E-state index is 0.751. The minimum atomic E-state index is 0.751. The third-order valence-electron chi connectivity index (χ3n) is 2.80. The van der Waals surface area contributed by atoms with E-state index in [1.54, 1.807) is 11.3 Å². The molecule has 86 valence electrons. The van der Waals surface area contributed by atoms with Crippen molar-refractivity contribution < 1.29 is 0 Å². The maximum atomic E-state index is 5.55. The highest BCUT2D eigenvalue weighted by Gasteiger charge is 2.11. The van der Waals surface area contributed by atoms with E-state index >= 15 is 0 Å². The van der Waals surface area contributed by atoms with E-state index in [0.29, 0.717) is 0 Å². The van der Waals surface area contributed by atoms with Crippen molar-refractivity contribution >= 4 is 11.3 Å². The first-order chi connectivity index (χ1) is 7.74. The van der Waals surface area contributed by atoms with E-state index in [9.17, 15) is 0 Å². The van der Waals surface area contributed by atoms with Gasteiger partial charge < -0.3 is 5.73 Å². The molecule has 0 spiro atoms. The molecular formula is C12H17N3S. The van der Waals surface area contributed by atoms with Crippen LogP contribution in [-0.4, -0.2) is 16.1 Å². The molecule has 0 amide bonds. The van der Waals surface area contributed by atoms with Crippen LogP contribution < -0.4 is 5.73 Å². The Balaban J connectivity index is 2.36. The van der Waals surface area contributed by atoms with Crippen LogP contribution in [0.4, 0.5) is 0 Å². The summed E-state index contributed by atoms with van der Waals surface area (Å²) >= 11 is 1.67. The van der Waals surface area contributed by atoms with E-state index < -0.39 is 0 Å². The zero-order chi connectivity index (χ0) is 11.5. The number of rotatable bonds is 4. The van der Waals surface area contributed by atoms with Gasteiger partial charge in [-0.25, -0.2) is 4.98 Å². The van der Waals surface area contributed by atoms with Crippen molar-refractivity contribution in [1.82, 2.24) is 9.55 Å². The quantitative estimate of drug-likeness (QED) is 0.884. The standard InChI is InChI=1S/C12H17N3S/c1-9-8-11(4-3-5-13)10(2)15(9)12-14-6-7-16-12/h6-8H,3-5,13H2,1-2H3. The Hall–Kier alpha value is -1.13. The lowest BCUT2D eigenvalue weighted by molar-refractivity contribution is 0.822. The predicted octanol–water partition coefficient (Wildman–Crippen LogP) is 2.44. The highest BCUT2D eigenvalue weighted by Crippen LogP contribution is 2.22. The summed E-state index contributed by atoms with van der Waals surface area (Å²) in [4.78, 5) is 4.36. The van der Waals surface area contributed by atoms with Gasteiger partial charge in [-0.05, 0) is 44.9 Å². The maximum absolute atomic E-state index is 5.55. The molecule has 0 bridgehead atoms. The molecule has 0 aromatic carbocycles. The molecule has 2 aromatic rings. The Morgan fingerprint density at radius 2 is 2.25 bits per heavy atom. The Bertz CT molecular complexity index is 457. The lowest BCUT2D eigenvalue weighted by Crippen LogP contribution is -2.02. The minimum Gasteiger partial charge on any atom is -0.330 e. The van der Waals surface area contributed by atoms with Crippen molar-refractivity contribution in [3.63, 3.8) is 0 Å². The molecule has 2 rings (SSSR count). The number of thiazole rings is 1. The van der Waals surface area contributed by atoms with Crippen molar-refractivity contribution in [1.29, 1.82) is 0 Å². The van der Waals surface area contributed by atoms with Crippen molar-refractivity contribution in [2.45, 2.75) is 26.7 Å². The largest absolute Gasteiger partial charge is 0.330 e. The van der Waals surface area contributed by atoms with Crippen molar-refractivity contribution in [3.8, 4) is 5.13 Å². The second kappa shape index (κ2) is 4.80. The van der Waals surface area contributed by atoms with Crippen LogP contribution in [0.3, 0.4) is 0 Å². The highest BCUT2D eigenvalue weighted by molar-refractivity contribution is 7.12. The first-order valence-corrected chi connectivity index (χ1v) is 6.39. The summed E-state index contributed by atoms with van der Waals surface area (Å²) in [6, 6.07) is 2.24. The van der Waals surface area contributed by atoms with Gasteiger partial charge in [0.2, 0.25) is 0 Å². The number of aromatic nitrogens is 2. The van der Waals surface area contributed by atoms with Gasteiger partial charge >= 0.3 is 0 Å². The van der Waals surface area contributed by atoms with Crippen LogP contribution in [0.25, 0.3) is 5.13 Å². The molecule has 0 aliphatic heterocycles. The zero-order valence-corrected chi connectivity index (χ0v) is 10.5. The summed E-state index contributed by atoms with van der Waals surface area (Å²) in [5, 5.41) is 3.06. The first-order valence-electron chi connectivity index (χ1n) is 5.51. The van der Waals surface area contributed by atoms with E-state index in [4.69, 9.17) is 5.73 Å². The van der Waals surface area contributed by atoms with Crippen molar-refractivity contribution in [2.75, 3.05) is 6.54 Å². The van der Waals surface area contributed by atoms with Crippen LogP contribution in [0.2, 0.25) is 0 Å². The van der Waals surface area contributed by atoms with Crippen molar-refractivity contribution in [2.24, 2.45) is 5.73 Å². The monoisotopic (exact) mass is 235 g/mol. The fourth-order valence-corrected chi connectivity index (χ4v) is 2.75. The van der Waals surface area contributed by atoms with Crippen molar-refractivity contribution in [3.05, 3.63) is 34.6 Å². The molecule has 0 atom stereocenters. The van der Waals surface area contributed by atoms with Gasteiger partial charge in [0.05, 0.1) is 0 Å². The van der Waals surface area contributed by atoms with E-state index in [-0.39, 0.29) is 0 Å². The van der Waals surface area contributed by atoms with Gasteiger partial charge in [-0.3, -0.25) is 4.57 Å². The third kappa shape index (κ3) is 2.03.